The van der Waals surface area contributed by atoms with Crippen LogP contribution in [0.5, 0.6) is 0 Å². The number of benzene rings is 2. The molecule has 0 aliphatic carbocycles. The second-order valence-corrected chi connectivity index (χ2v) is 5.58. The van der Waals surface area contributed by atoms with Crippen LogP contribution in [-0.4, -0.2) is 26.6 Å². The van der Waals surface area contributed by atoms with Gasteiger partial charge in [0, 0.05) is 5.56 Å². The van der Waals surface area contributed by atoms with Crippen molar-refractivity contribution in [2.45, 2.75) is 6.92 Å². The average Bonchev–Trinajstić information content (AvgIpc) is 3.27. The van der Waals surface area contributed by atoms with E-state index >= 15 is 0 Å². The Hall–Kier alpha value is -3.54. The fraction of sp³-hybridized carbons (Fsp3) is 0.0526. The minimum absolute atomic E-state index is 0.284. The highest BCUT2D eigenvalue weighted by Crippen LogP contribution is 2.21. The average molecular weight is 330 g/mol. The number of cyclic esters (lactones) is 1. The number of aliphatic imine (C=N–C) groups is 1. The molecule has 6 heteroatoms. The number of esters is 1. The van der Waals surface area contributed by atoms with E-state index in [0.29, 0.717) is 5.90 Å². The third-order valence-corrected chi connectivity index (χ3v) is 3.88. The van der Waals surface area contributed by atoms with Gasteiger partial charge in [0.15, 0.2) is 5.70 Å². The fourth-order valence-electron chi connectivity index (χ4n) is 2.56. The molecule has 1 aromatic heterocycles. The number of hydrogen-bond donors (Lipinski definition) is 0. The molecule has 25 heavy (non-hydrogen) atoms. The minimum atomic E-state index is -0.446. The monoisotopic (exact) mass is 330 g/mol. The van der Waals surface area contributed by atoms with Crippen LogP contribution in [0, 0.1) is 6.92 Å². The SMILES string of the molecule is Cc1ccccc1C1=N/C(=C/c2ccc(-n3cncn3)cc2)C(=O)O1. The lowest BCUT2D eigenvalue weighted by Crippen LogP contribution is -2.06. The van der Waals surface area contributed by atoms with Gasteiger partial charge in [-0.05, 0) is 42.3 Å². The van der Waals surface area contributed by atoms with Crippen LogP contribution in [0.1, 0.15) is 16.7 Å². The fourth-order valence-corrected chi connectivity index (χ4v) is 2.56. The van der Waals surface area contributed by atoms with Gasteiger partial charge in [0.2, 0.25) is 5.90 Å². The van der Waals surface area contributed by atoms with E-state index in [1.165, 1.54) is 6.33 Å². The van der Waals surface area contributed by atoms with E-state index in [9.17, 15) is 4.79 Å². The normalized spacial score (nSPS) is 15.3. The van der Waals surface area contributed by atoms with Gasteiger partial charge in [-0.1, -0.05) is 30.3 Å². The lowest BCUT2D eigenvalue weighted by molar-refractivity contribution is -0.129. The zero-order chi connectivity index (χ0) is 17.2. The standard InChI is InChI=1S/C19H14N4O2/c1-13-4-2-3-5-16(13)18-22-17(19(24)25-18)10-14-6-8-15(9-7-14)23-12-20-11-21-23/h2-12H,1H3/b17-10+. The summed E-state index contributed by atoms with van der Waals surface area (Å²) in [6.07, 6.45) is 4.81. The summed E-state index contributed by atoms with van der Waals surface area (Å²) >= 11 is 0. The lowest BCUT2D eigenvalue weighted by atomic mass is 10.1. The summed E-state index contributed by atoms with van der Waals surface area (Å²) in [4.78, 5) is 20.4. The molecule has 0 bridgehead atoms. The van der Waals surface area contributed by atoms with Crippen molar-refractivity contribution in [1.29, 1.82) is 0 Å². The van der Waals surface area contributed by atoms with Crippen LogP contribution in [0.3, 0.4) is 0 Å². The molecule has 1 aliphatic heterocycles. The van der Waals surface area contributed by atoms with Crippen LogP contribution in [-0.2, 0) is 9.53 Å². The van der Waals surface area contributed by atoms with Gasteiger partial charge >= 0.3 is 5.97 Å². The molecule has 0 N–H and O–H groups in total. The van der Waals surface area contributed by atoms with E-state index in [1.807, 2.05) is 55.5 Å². The Morgan fingerprint density at radius 3 is 2.60 bits per heavy atom. The molecule has 122 valence electrons. The van der Waals surface area contributed by atoms with Gasteiger partial charge < -0.3 is 4.74 Å². The molecule has 1 aliphatic rings. The summed E-state index contributed by atoms with van der Waals surface area (Å²) in [6.45, 7) is 1.95. The number of aryl methyl sites for hydroxylation is 1. The Balaban J connectivity index is 1.63. The van der Waals surface area contributed by atoms with E-state index in [1.54, 1.807) is 17.1 Å². The molecule has 0 radical (unpaired) electrons. The van der Waals surface area contributed by atoms with Crippen molar-refractivity contribution in [3.05, 3.63) is 83.6 Å². The maximum Gasteiger partial charge on any atom is 0.363 e. The van der Waals surface area contributed by atoms with Gasteiger partial charge in [0.05, 0.1) is 5.69 Å². The van der Waals surface area contributed by atoms with Crippen molar-refractivity contribution in [3.8, 4) is 5.69 Å². The lowest BCUT2D eigenvalue weighted by Gasteiger charge is -2.02. The number of rotatable bonds is 3. The molecular weight excluding hydrogens is 316 g/mol. The predicted molar refractivity (Wildman–Crippen MR) is 93.1 cm³/mol. The minimum Gasteiger partial charge on any atom is -0.402 e. The first-order valence-corrected chi connectivity index (χ1v) is 7.74. The first-order valence-electron chi connectivity index (χ1n) is 7.74. The quantitative estimate of drug-likeness (QED) is 0.547. The summed E-state index contributed by atoms with van der Waals surface area (Å²) in [6, 6.07) is 15.2. The van der Waals surface area contributed by atoms with E-state index in [0.717, 1.165) is 22.4 Å². The summed E-state index contributed by atoms with van der Waals surface area (Å²) < 4.78 is 6.98. The van der Waals surface area contributed by atoms with Gasteiger partial charge in [-0.3, -0.25) is 0 Å². The van der Waals surface area contributed by atoms with E-state index in [-0.39, 0.29) is 5.70 Å². The smallest absolute Gasteiger partial charge is 0.363 e. The zero-order valence-electron chi connectivity index (χ0n) is 13.5. The van der Waals surface area contributed by atoms with Crippen LogP contribution in [0.4, 0.5) is 0 Å². The highest BCUT2D eigenvalue weighted by molar-refractivity contribution is 6.13. The molecule has 2 heterocycles. The van der Waals surface area contributed by atoms with Crippen molar-refractivity contribution in [3.63, 3.8) is 0 Å². The Bertz CT molecular complexity index is 987. The topological polar surface area (TPSA) is 69.4 Å². The van der Waals surface area contributed by atoms with Gasteiger partial charge in [-0.15, -0.1) is 0 Å². The Labute approximate surface area is 144 Å². The predicted octanol–water partition coefficient (Wildman–Crippen LogP) is 2.92. The number of ether oxygens (including phenoxy) is 1. The molecule has 0 amide bonds. The Morgan fingerprint density at radius 2 is 1.88 bits per heavy atom. The highest BCUT2D eigenvalue weighted by Gasteiger charge is 2.24. The molecule has 3 aromatic rings. The van der Waals surface area contributed by atoms with Crippen LogP contribution < -0.4 is 0 Å². The molecular formula is C19H14N4O2. The Morgan fingerprint density at radius 1 is 1.08 bits per heavy atom. The van der Waals surface area contributed by atoms with Crippen molar-refractivity contribution in [2.24, 2.45) is 4.99 Å². The van der Waals surface area contributed by atoms with Gasteiger partial charge in [0.1, 0.15) is 12.7 Å². The first-order chi connectivity index (χ1) is 12.2. The number of carbonyl (C=O) groups excluding carboxylic acids is 1. The second kappa shape index (κ2) is 6.16. The van der Waals surface area contributed by atoms with Crippen molar-refractivity contribution < 1.29 is 9.53 Å². The molecule has 0 saturated heterocycles. The summed E-state index contributed by atoms with van der Waals surface area (Å²) in [5.41, 5.74) is 3.85. The molecule has 0 fully saturated rings. The maximum absolute atomic E-state index is 12.1. The molecule has 0 atom stereocenters. The molecule has 2 aromatic carbocycles. The van der Waals surface area contributed by atoms with E-state index in [4.69, 9.17) is 4.74 Å². The number of aromatic nitrogens is 3. The third-order valence-electron chi connectivity index (χ3n) is 3.88. The number of carbonyl (C=O) groups is 1. The van der Waals surface area contributed by atoms with Gasteiger partial charge in [-0.2, -0.15) is 5.10 Å². The highest BCUT2D eigenvalue weighted by atomic mass is 16.6. The van der Waals surface area contributed by atoms with Crippen LogP contribution in [0.2, 0.25) is 0 Å². The van der Waals surface area contributed by atoms with Gasteiger partial charge in [0.25, 0.3) is 0 Å². The number of hydrogen-bond acceptors (Lipinski definition) is 5. The van der Waals surface area contributed by atoms with Crippen molar-refractivity contribution >= 4 is 17.9 Å². The summed E-state index contributed by atoms with van der Waals surface area (Å²) in [5.74, 6) is -0.104. The molecule has 4 rings (SSSR count). The van der Waals surface area contributed by atoms with E-state index < -0.39 is 5.97 Å². The van der Waals surface area contributed by atoms with Crippen molar-refractivity contribution in [1.82, 2.24) is 14.8 Å². The summed E-state index contributed by atoms with van der Waals surface area (Å²) in [5, 5.41) is 4.08. The molecule has 0 saturated carbocycles. The second-order valence-electron chi connectivity index (χ2n) is 5.58. The Kier molecular flexibility index (Phi) is 3.70. The third kappa shape index (κ3) is 2.97. The van der Waals surface area contributed by atoms with Crippen LogP contribution in [0.25, 0.3) is 11.8 Å². The number of nitrogens with zero attached hydrogens (tertiary/aromatic N) is 4. The first kappa shape index (κ1) is 15.0. The molecule has 6 nitrogen and oxygen atoms in total. The molecule has 0 unspecified atom stereocenters. The van der Waals surface area contributed by atoms with Crippen LogP contribution in [0.15, 0.2) is 71.9 Å². The zero-order valence-corrected chi connectivity index (χ0v) is 13.5. The van der Waals surface area contributed by atoms with Crippen LogP contribution >= 0.6 is 0 Å². The van der Waals surface area contributed by atoms with Crippen molar-refractivity contribution in [2.75, 3.05) is 0 Å². The maximum atomic E-state index is 12.1. The van der Waals surface area contributed by atoms with Gasteiger partial charge in [-0.25, -0.2) is 19.5 Å². The summed E-state index contributed by atoms with van der Waals surface area (Å²) in [7, 11) is 0. The molecule has 0 spiro atoms. The van der Waals surface area contributed by atoms with E-state index in [2.05, 4.69) is 15.1 Å². The largest absolute Gasteiger partial charge is 0.402 e.